The summed E-state index contributed by atoms with van der Waals surface area (Å²) in [6.07, 6.45) is 0.00154. The molecule has 6 heteroatoms. The van der Waals surface area contributed by atoms with E-state index >= 15 is 0 Å². The Morgan fingerprint density at radius 2 is 2.26 bits per heavy atom. The van der Waals surface area contributed by atoms with Crippen molar-refractivity contribution >= 4 is 33.6 Å². The smallest absolute Gasteiger partial charge is 0.309 e. The number of hydrogen-bond acceptors (Lipinski definition) is 4. The van der Waals surface area contributed by atoms with Crippen molar-refractivity contribution in [1.29, 1.82) is 0 Å². The maximum absolute atomic E-state index is 11.0. The Balaban J connectivity index is 2.31. The molecule has 0 aliphatic heterocycles. The van der Waals surface area contributed by atoms with Gasteiger partial charge in [-0.15, -0.1) is 22.7 Å². The average Bonchev–Trinajstić information content (AvgIpc) is 2.98. The molecule has 0 aliphatic rings. The highest BCUT2D eigenvalue weighted by Crippen LogP contribution is 2.35. The van der Waals surface area contributed by atoms with Gasteiger partial charge >= 0.3 is 5.97 Å². The first kappa shape index (κ1) is 12.4. The summed E-state index contributed by atoms with van der Waals surface area (Å²) in [5.74, 6) is -0.828. The molecule has 0 fully saturated rings. The van der Waals surface area contributed by atoms with E-state index in [0.29, 0.717) is 0 Å². The Hall–Kier alpha value is -1.66. The molecule has 0 saturated heterocycles. The van der Waals surface area contributed by atoms with Gasteiger partial charge in [-0.25, -0.2) is 4.98 Å². The molecule has 3 rings (SSSR count). The minimum Gasteiger partial charge on any atom is -0.481 e. The molecule has 0 amide bonds. The van der Waals surface area contributed by atoms with E-state index in [4.69, 9.17) is 5.11 Å². The lowest BCUT2D eigenvalue weighted by molar-refractivity contribution is -0.136. The van der Waals surface area contributed by atoms with E-state index < -0.39 is 5.97 Å². The lowest BCUT2D eigenvalue weighted by atomic mass is 10.2. The van der Waals surface area contributed by atoms with Crippen LogP contribution in [0.4, 0.5) is 0 Å². The van der Waals surface area contributed by atoms with Gasteiger partial charge in [0.15, 0.2) is 4.96 Å². The number of aromatic nitrogens is 2. The summed E-state index contributed by atoms with van der Waals surface area (Å²) in [6, 6.07) is 4.06. The fraction of sp³-hybridized carbons (Fsp3) is 0.231. The van der Waals surface area contributed by atoms with Crippen LogP contribution in [0.2, 0.25) is 0 Å². The summed E-state index contributed by atoms with van der Waals surface area (Å²) < 4.78 is 2.00. The highest BCUT2D eigenvalue weighted by Gasteiger charge is 2.20. The Labute approximate surface area is 118 Å². The summed E-state index contributed by atoms with van der Waals surface area (Å²) in [7, 11) is 0. The van der Waals surface area contributed by atoms with E-state index in [1.807, 2.05) is 29.7 Å². The van der Waals surface area contributed by atoms with Gasteiger partial charge in [0.25, 0.3) is 0 Å². The fourth-order valence-corrected chi connectivity index (χ4v) is 4.15. The van der Waals surface area contributed by atoms with Crippen LogP contribution >= 0.6 is 22.7 Å². The summed E-state index contributed by atoms with van der Waals surface area (Å²) in [5, 5.41) is 11.1. The largest absolute Gasteiger partial charge is 0.481 e. The predicted octanol–water partition coefficient (Wildman–Crippen LogP) is 3.37. The number of carboxylic acids is 1. The second-order valence-corrected chi connectivity index (χ2v) is 6.45. The van der Waals surface area contributed by atoms with E-state index in [2.05, 4.69) is 11.1 Å². The topological polar surface area (TPSA) is 54.6 Å². The van der Waals surface area contributed by atoms with Crippen LogP contribution < -0.4 is 0 Å². The lowest BCUT2D eigenvalue weighted by Crippen LogP contribution is -2.05. The van der Waals surface area contributed by atoms with Crippen molar-refractivity contribution in [3.05, 3.63) is 33.8 Å². The van der Waals surface area contributed by atoms with Crippen LogP contribution in [0.15, 0.2) is 17.5 Å². The highest BCUT2D eigenvalue weighted by atomic mass is 32.1. The van der Waals surface area contributed by atoms with Crippen LogP contribution in [0, 0.1) is 13.8 Å². The second kappa shape index (κ2) is 4.47. The normalized spacial score (nSPS) is 11.3. The maximum Gasteiger partial charge on any atom is 0.309 e. The van der Waals surface area contributed by atoms with Crippen LogP contribution in [-0.4, -0.2) is 20.5 Å². The number of carboxylic acid groups (broad SMARTS) is 1. The SMILES string of the molecule is Cc1nc2sc(C)c(-c3cccs3)n2c1CC(=O)O. The third-order valence-corrected chi connectivity index (χ3v) is 4.85. The number of imidazole rings is 1. The molecule has 0 radical (unpaired) electrons. The monoisotopic (exact) mass is 292 g/mol. The molecule has 4 nitrogen and oxygen atoms in total. The minimum absolute atomic E-state index is 0.00154. The molecule has 1 N–H and O–H groups in total. The van der Waals surface area contributed by atoms with E-state index in [1.54, 1.807) is 22.7 Å². The molecular formula is C13H12N2O2S2. The Morgan fingerprint density at radius 3 is 2.89 bits per heavy atom. The molecule has 3 heterocycles. The molecule has 0 aliphatic carbocycles. The fourth-order valence-electron chi connectivity index (χ4n) is 2.22. The first-order valence-electron chi connectivity index (χ1n) is 5.81. The van der Waals surface area contributed by atoms with Crippen LogP contribution in [0.5, 0.6) is 0 Å². The number of rotatable bonds is 3. The summed E-state index contributed by atoms with van der Waals surface area (Å²) in [4.78, 5) is 18.7. The first-order valence-corrected chi connectivity index (χ1v) is 7.50. The molecule has 98 valence electrons. The van der Waals surface area contributed by atoms with E-state index in [9.17, 15) is 4.79 Å². The number of aliphatic carboxylic acids is 1. The van der Waals surface area contributed by atoms with Crippen molar-refractivity contribution < 1.29 is 9.90 Å². The summed E-state index contributed by atoms with van der Waals surface area (Å²) >= 11 is 3.26. The molecule has 0 aromatic carbocycles. The number of thiophene rings is 1. The van der Waals surface area contributed by atoms with Gasteiger partial charge in [-0.3, -0.25) is 9.20 Å². The van der Waals surface area contributed by atoms with Crippen molar-refractivity contribution in [1.82, 2.24) is 9.38 Å². The number of carbonyl (C=O) groups is 1. The molecule has 19 heavy (non-hydrogen) atoms. The van der Waals surface area contributed by atoms with Crippen molar-refractivity contribution in [2.45, 2.75) is 20.3 Å². The zero-order valence-electron chi connectivity index (χ0n) is 10.5. The standard InChI is InChI=1S/C13H12N2O2S2/c1-7-9(6-11(16)17)15-12(10-4-3-5-18-10)8(2)19-13(15)14-7/h3-5H,6H2,1-2H3,(H,16,17). The van der Waals surface area contributed by atoms with Crippen molar-refractivity contribution in [2.24, 2.45) is 0 Å². The number of thiazole rings is 1. The van der Waals surface area contributed by atoms with Crippen LogP contribution in [-0.2, 0) is 11.2 Å². The molecule has 3 aromatic rings. The summed E-state index contributed by atoms with van der Waals surface area (Å²) in [5.41, 5.74) is 2.65. The van der Waals surface area contributed by atoms with Crippen molar-refractivity contribution in [3.63, 3.8) is 0 Å². The molecular weight excluding hydrogens is 280 g/mol. The molecule has 0 bridgehead atoms. The van der Waals surface area contributed by atoms with Gasteiger partial charge in [0.2, 0.25) is 0 Å². The zero-order valence-corrected chi connectivity index (χ0v) is 12.1. The number of nitrogens with zero attached hydrogens (tertiary/aromatic N) is 2. The minimum atomic E-state index is -0.828. The Morgan fingerprint density at radius 1 is 1.47 bits per heavy atom. The van der Waals surface area contributed by atoms with Gasteiger partial charge in [-0.05, 0) is 25.3 Å². The van der Waals surface area contributed by atoms with Gasteiger partial charge in [-0.1, -0.05) is 6.07 Å². The van der Waals surface area contributed by atoms with E-state index in [0.717, 1.165) is 31.8 Å². The van der Waals surface area contributed by atoms with Gasteiger partial charge in [0, 0.05) is 4.88 Å². The number of aryl methyl sites for hydroxylation is 2. The molecule has 3 aromatic heterocycles. The quantitative estimate of drug-likeness (QED) is 0.805. The van der Waals surface area contributed by atoms with Crippen molar-refractivity contribution in [3.8, 4) is 10.6 Å². The molecule has 0 atom stereocenters. The molecule has 0 spiro atoms. The highest BCUT2D eigenvalue weighted by molar-refractivity contribution is 7.18. The Bertz CT molecular complexity index is 753. The lowest BCUT2D eigenvalue weighted by Gasteiger charge is -2.03. The number of fused-ring (bicyclic) bond motifs is 1. The third kappa shape index (κ3) is 1.97. The van der Waals surface area contributed by atoms with Crippen LogP contribution in [0.1, 0.15) is 16.3 Å². The maximum atomic E-state index is 11.0. The first-order chi connectivity index (χ1) is 9.08. The van der Waals surface area contributed by atoms with Gasteiger partial charge in [0.05, 0.1) is 28.4 Å². The van der Waals surface area contributed by atoms with E-state index in [-0.39, 0.29) is 6.42 Å². The zero-order chi connectivity index (χ0) is 13.6. The predicted molar refractivity (Wildman–Crippen MR) is 77.2 cm³/mol. The van der Waals surface area contributed by atoms with E-state index in [1.165, 1.54) is 0 Å². The second-order valence-electron chi connectivity index (χ2n) is 4.32. The van der Waals surface area contributed by atoms with Crippen molar-refractivity contribution in [2.75, 3.05) is 0 Å². The third-order valence-electron chi connectivity index (χ3n) is 3.02. The summed E-state index contributed by atoms with van der Waals surface area (Å²) in [6.45, 7) is 3.92. The van der Waals surface area contributed by atoms with Gasteiger partial charge in [0.1, 0.15) is 0 Å². The molecule has 0 saturated carbocycles. The Kier molecular flexibility index (Phi) is 2.91. The van der Waals surface area contributed by atoms with Crippen LogP contribution in [0.25, 0.3) is 15.5 Å². The van der Waals surface area contributed by atoms with Gasteiger partial charge in [-0.2, -0.15) is 0 Å². The number of hydrogen-bond donors (Lipinski definition) is 1. The van der Waals surface area contributed by atoms with Gasteiger partial charge < -0.3 is 5.11 Å². The molecule has 0 unspecified atom stereocenters. The van der Waals surface area contributed by atoms with Crippen LogP contribution in [0.3, 0.4) is 0 Å². The average molecular weight is 292 g/mol.